The zero-order chi connectivity index (χ0) is 16.2. The Morgan fingerprint density at radius 2 is 1.82 bits per heavy atom. The van der Waals surface area contributed by atoms with Crippen molar-refractivity contribution in [1.82, 2.24) is 9.71 Å². The van der Waals surface area contributed by atoms with Gasteiger partial charge in [0.05, 0.1) is 30.9 Å². The van der Waals surface area contributed by atoms with Crippen molar-refractivity contribution in [3.63, 3.8) is 0 Å². The van der Waals surface area contributed by atoms with Crippen molar-refractivity contribution in [3.8, 4) is 11.5 Å². The maximum atomic E-state index is 12.4. The molecule has 6 nitrogen and oxygen atoms in total. The molecule has 1 N–H and O–H groups in total. The van der Waals surface area contributed by atoms with E-state index in [-0.39, 0.29) is 4.90 Å². The van der Waals surface area contributed by atoms with E-state index in [9.17, 15) is 8.42 Å². The number of hydrogen-bond acceptors (Lipinski definition) is 5. The summed E-state index contributed by atoms with van der Waals surface area (Å²) in [7, 11) is -0.741. The lowest BCUT2D eigenvalue weighted by Crippen LogP contribution is -2.27. The van der Waals surface area contributed by atoms with Crippen LogP contribution in [0.2, 0.25) is 0 Å². The van der Waals surface area contributed by atoms with E-state index < -0.39 is 16.1 Å². The molecule has 0 aliphatic heterocycles. The predicted octanol–water partition coefficient (Wildman–Crippen LogP) is 2.14. The fraction of sp³-hybridized carbons (Fsp3) is 0.267. The summed E-state index contributed by atoms with van der Waals surface area (Å²) < 4.78 is 37.7. The number of benzene rings is 1. The molecule has 0 radical (unpaired) electrons. The zero-order valence-corrected chi connectivity index (χ0v) is 13.4. The number of ether oxygens (including phenoxy) is 2. The van der Waals surface area contributed by atoms with Gasteiger partial charge in [-0.05, 0) is 31.2 Å². The quantitative estimate of drug-likeness (QED) is 0.881. The van der Waals surface area contributed by atoms with Crippen molar-refractivity contribution in [1.29, 1.82) is 0 Å². The average Bonchev–Trinajstić information content (AvgIpc) is 2.54. The molecule has 1 aromatic heterocycles. The molecule has 2 rings (SSSR count). The third kappa shape index (κ3) is 3.55. The Kier molecular flexibility index (Phi) is 4.99. The van der Waals surface area contributed by atoms with Gasteiger partial charge in [0, 0.05) is 12.3 Å². The molecule has 7 heteroatoms. The van der Waals surface area contributed by atoms with E-state index in [1.807, 2.05) is 6.07 Å². The Hall–Kier alpha value is -2.12. The van der Waals surface area contributed by atoms with Gasteiger partial charge < -0.3 is 9.47 Å². The van der Waals surface area contributed by atoms with E-state index in [0.29, 0.717) is 17.2 Å². The highest BCUT2D eigenvalue weighted by molar-refractivity contribution is 7.89. The molecule has 0 spiro atoms. The van der Waals surface area contributed by atoms with E-state index in [4.69, 9.17) is 9.47 Å². The summed E-state index contributed by atoms with van der Waals surface area (Å²) in [4.78, 5) is 4.25. The number of rotatable bonds is 6. The van der Waals surface area contributed by atoms with E-state index in [2.05, 4.69) is 9.71 Å². The standard InChI is InChI=1S/C15H18N2O4S/c1-11(13-6-4-5-9-16-13)17-22(18,19)12-7-8-14(20-2)15(10-12)21-3/h4-11,17H,1-3H3. The van der Waals surface area contributed by atoms with Crippen molar-refractivity contribution in [3.05, 3.63) is 48.3 Å². The first-order valence-corrected chi connectivity index (χ1v) is 8.11. The summed E-state index contributed by atoms with van der Waals surface area (Å²) in [5.74, 6) is 0.829. The highest BCUT2D eigenvalue weighted by atomic mass is 32.2. The van der Waals surface area contributed by atoms with E-state index in [1.165, 1.54) is 26.4 Å². The molecule has 1 heterocycles. The number of nitrogens with one attached hydrogen (secondary N) is 1. The molecule has 0 saturated heterocycles. The fourth-order valence-corrected chi connectivity index (χ4v) is 3.21. The summed E-state index contributed by atoms with van der Waals surface area (Å²) in [6.07, 6.45) is 1.62. The van der Waals surface area contributed by atoms with Gasteiger partial charge in [-0.25, -0.2) is 13.1 Å². The molecule has 118 valence electrons. The largest absolute Gasteiger partial charge is 0.493 e. The number of aromatic nitrogens is 1. The lowest BCUT2D eigenvalue weighted by molar-refractivity contribution is 0.354. The lowest BCUT2D eigenvalue weighted by Gasteiger charge is -2.15. The second-order valence-corrected chi connectivity index (χ2v) is 6.33. The van der Waals surface area contributed by atoms with Gasteiger partial charge in [-0.2, -0.15) is 0 Å². The molecule has 0 bridgehead atoms. The van der Waals surface area contributed by atoms with Crippen molar-refractivity contribution in [2.75, 3.05) is 14.2 Å². The third-order valence-electron chi connectivity index (χ3n) is 3.13. The van der Waals surface area contributed by atoms with Crippen LogP contribution in [0.3, 0.4) is 0 Å². The first-order valence-electron chi connectivity index (χ1n) is 6.63. The number of sulfonamides is 1. The SMILES string of the molecule is COc1ccc(S(=O)(=O)NC(C)c2ccccn2)cc1OC. The average molecular weight is 322 g/mol. The molecule has 1 atom stereocenters. The van der Waals surface area contributed by atoms with Gasteiger partial charge in [-0.1, -0.05) is 6.07 Å². The lowest BCUT2D eigenvalue weighted by atomic mass is 10.2. The van der Waals surface area contributed by atoms with Gasteiger partial charge in [-0.3, -0.25) is 4.98 Å². The van der Waals surface area contributed by atoms with E-state index in [0.717, 1.165) is 0 Å². The first-order chi connectivity index (χ1) is 10.5. The first kappa shape index (κ1) is 16.3. The van der Waals surface area contributed by atoms with E-state index >= 15 is 0 Å². The Balaban J connectivity index is 2.27. The molecule has 0 fully saturated rings. The topological polar surface area (TPSA) is 77.5 Å². The number of hydrogen-bond donors (Lipinski definition) is 1. The molecule has 1 aromatic carbocycles. The van der Waals surface area contributed by atoms with Crippen molar-refractivity contribution < 1.29 is 17.9 Å². The second kappa shape index (κ2) is 6.76. The Morgan fingerprint density at radius 1 is 1.09 bits per heavy atom. The summed E-state index contributed by atoms with van der Waals surface area (Å²) in [6.45, 7) is 1.74. The van der Waals surface area contributed by atoms with Gasteiger partial charge >= 0.3 is 0 Å². The van der Waals surface area contributed by atoms with Gasteiger partial charge in [-0.15, -0.1) is 0 Å². The van der Waals surface area contributed by atoms with Gasteiger partial charge in [0.1, 0.15) is 0 Å². The van der Waals surface area contributed by atoms with Crippen LogP contribution in [0.4, 0.5) is 0 Å². The van der Waals surface area contributed by atoms with Gasteiger partial charge in [0.15, 0.2) is 11.5 Å². The minimum absolute atomic E-state index is 0.105. The molecule has 2 aromatic rings. The molecule has 0 amide bonds. The molecule has 0 aliphatic carbocycles. The maximum absolute atomic E-state index is 12.4. The van der Waals surface area contributed by atoms with Crippen molar-refractivity contribution in [2.24, 2.45) is 0 Å². The molecule has 0 saturated carbocycles. The van der Waals surface area contributed by atoms with Crippen LogP contribution in [0.15, 0.2) is 47.5 Å². The third-order valence-corrected chi connectivity index (χ3v) is 4.67. The summed E-state index contributed by atoms with van der Waals surface area (Å²) in [5, 5.41) is 0. The molecule has 22 heavy (non-hydrogen) atoms. The molecular weight excluding hydrogens is 304 g/mol. The Labute approximate surface area is 130 Å². The summed E-state index contributed by atoms with van der Waals surface area (Å²) >= 11 is 0. The minimum atomic E-state index is -3.69. The monoisotopic (exact) mass is 322 g/mol. The van der Waals surface area contributed by atoms with Crippen molar-refractivity contribution in [2.45, 2.75) is 17.9 Å². The second-order valence-electron chi connectivity index (χ2n) is 4.61. The summed E-state index contributed by atoms with van der Waals surface area (Å²) in [6, 6.07) is 9.35. The highest BCUT2D eigenvalue weighted by Crippen LogP contribution is 2.29. The molecule has 1 unspecified atom stereocenters. The number of pyridine rings is 1. The Morgan fingerprint density at radius 3 is 2.41 bits per heavy atom. The van der Waals surface area contributed by atoms with Crippen LogP contribution in [0.5, 0.6) is 11.5 Å². The Bertz CT molecular complexity index is 732. The van der Waals surface area contributed by atoms with Crippen LogP contribution < -0.4 is 14.2 Å². The zero-order valence-electron chi connectivity index (χ0n) is 12.6. The van der Waals surface area contributed by atoms with Crippen molar-refractivity contribution >= 4 is 10.0 Å². The predicted molar refractivity (Wildman–Crippen MR) is 82.5 cm³/mol. The summed E-state index contributed by atoms with van der Waals surface area (Å²) in [5.41, 5.74) is 0.645. The fourth-order valence-electron chi connectivity index (χ4n) is 1.98. The normalized spacial score (nSPS) is 12.7. The smallest absolute Gasteiger partial charge is 0.241 e. The molecule has 0 aliphatic rings. The van der Waals surface area contributed by atoms with E-state index in [1.54, 1.807) is 31.3 Å². The van der Waals surface area contributed by atoms with Crippen LogP contribution in [-0.4, -0.2) is 27.6 Å². The highest BCUT2D eigenvalue weighted by Gasteiger charge is 2.20. The van der Waals surface area contributed by atoms with Crippen LogP contribution in [-0.2, 0) is 10.0 Å². The van der Waals surface area contributed by atoms with Gasteiger partial charge in [0.25, 0.3) is 0 Å². The van der Waals surface area contributed by atoms with Crippen LogP contribution in [0.25, 0.3) is 0 Å². The van der Waals surface area contributed by atoms with Crippen LogP contribution in [0.1, 0.15) is 18.7 Å². The van der Waals surface area contributed by atoms with Crippen LogP contribution in [0, 0.1) is 0 Å². The number of methoxy groups -OCH3 is 2. The van der Waals surface area contributed by atoms with Crippen LogP contribution >= 0.6 is 0 Å². The molecular formula is C15H18N2O4S. The van der Waals surface area contributed by atoms with Gasteiger partial charge in [0.2, 0.25) is 10.0 Å². The maximum Gasteiger partial charge on any atom is 0.241 e. The number of nitrogens with zero attached hydrogens (tertiary/aromatic N) is 1. The minimum Gasteiger partial charge on any atom is -0.493 e.